The number of rotatable bonds is 8. The van der Waals surface area contributed by atoms with E-state index in [1.54, 1.807) is 14.0 Å². The summed E-state index contributed by atoms with van der Waals surface area (Å²) in [4.78, 5) is 22.2. The van der Waals surface area contributed by atoms with E-state index in [9.17, 15) is 9.59 Å². The number of carbonyl (C=O) groups excluding carboxylic acids is 1. The number of hydrogen-bond donors (Lipinski definition) is 3. The van der Waals surface area contributed by atoms with Crippen molar-refractivity contribution in [1.82, 2.24) is 10.6 Å². The van der Waals surface area contributed by atoms with Crippen molar-refractivity contribution >= 4 is 12.0 Å². The number of hydrogen-bond acceptors (Lipinski definition) is 3. The van der Waals surface area contributed by atoms with Crippen LogP contribution in [0.2, 0.25) is 0 Å². The second kappa shape index (κ2) is 8.58. The predicted molar refractivity (Wildman–Crippen MR) is 63.9 cm³/mol. The highest BCUT2D eigenvalue weighted by atomic mass is 16.5. The molecule has 0 aliphatic rings. The molecule has 0 saturated heterocycles. The number of aliphatic carboxylic acids is 1. The molecule has 2 amide bonds. The molecule has 0 fully saturated rings. The Bertz CT molecular complexity index is 279. The lowest BCUT2D eigenvalue weighted by Gasteiger charge is -2.14. The second-order valence-electron chi connectivity index (χ2n) is 3.81. The summed E-state index contributed by atoms with van der Waals surface area (Å²) in [6.45, 7) is 6.20. The van der Waals surface area contributed by atoms with E-state index in [4.69, 9.17) is 9.84 Å². The van der Waals surface area contributed by atoms with Crippen LogP contribution in [0.1, 0.15) is 19.8 Å². The topological polar surface area (TPSA) is 87.7 Å². The van der Waals surface area contributed by atoms with Gasteiger partial charge in [0.1, 0.15) is 6.04 Å². The third-order valence-electron chi connectivity index (χ3n) is 2.00. The number of carboxylic acids is 1. The maximum Gasteiger partial charge on any atom is 0.326 e. The number of carboxylic acid groups (broad SMARTS) is 1. The van der Waals surface area contributed by atoms with Crippen molar-refractivity contribution in [3.63, 3.8) is 0 Å². The molecule has 0 bridgehead atoms. The molecule has 0 rings (SSSR count). The van der Waals surface area contributed by atoms with Crippen LogP contribution in [0, 0.1) is 0 Å². The van der Waals surface area contributed by atoms with Crippen molar-refractivity contribution < 1.29 is 19.4 Å². The Morgan fingerprint density at radius 3 is 2.59 bits per heavy atom. The quantitative estimate of drug-likeness (QED) is 0.434. The average Bonchev–Trinajstić information content (AvgIpc) is 2.25. The Morgan fingerprint density at radius 2 is 2.12 bits per heavy atom. The van der Waals surface area contributed by atoms with Crippen molar-refractivity contribution in [3.05, 3.63) is 12.2 Å². The predicted octanol–water partition coefficient (Wildman–Crippen LogP) is 0.742. The fraction of sp³-hybridized carbons (Fsp3) is 0.636. The first-order valence-electron chi connectivity index (χ1n) is 5.38. The van der Waals surface area contributed by atoms with Gasteiger partial charge in [0.05, 0.1) is 0 Å². The van der Waals surface area contributed by atoms with Gasteiger partial charge in [-0.3, -0.25) is 0 Å². The first-order valence-corrected chi connectivity index (χ1v) is 5.38. The number of carbonyl (C=O) groups is 2. The minimum Gasteiger partial charge on any atom is -0.480 e. The lowest BCUT2D eigenvalue weighted by Crippen LogP contribution is -2.46. The average molecular weight is 244 g/mol. The van der Waals surface area contributed by atoms with E-state index in [1.807, 2.05) is 0 Å². The van der Waals surface area contributed by atoms with Crippen LogP contribution in [-0.2, 0) is 9.53 Å². The van der Waals surface area contributed by atoms with Gasteiger partial charge in [-0.15, -0.1) is 0 Å². The summed E-state index contributed by atoms with van der Waals surface area (Å²) in [6.07, 6.45) is 0.915. The first kappa shape index (κ1) is 15.4. The summed E-state index contributed by atoms with van der Waals surface area (Å²) in [5.41, 5.74) is 0.798. The molecular weight excluding hydrogens is 224 g/mol. The highest BCUT2D eigenvalue weighted by molar-refractivity contribution is 5.82. The van der Waals surface area contributed by atoms with Gasteiger partial charge in [0.15, 0.2) is 0 Å². The van der Waals surface area contributed by atoms with E-state index in [0.29, 0.717) is 26.0 Å². The molecule has 0 aromatic heterocycles. The third-order valence-corrected chi connectivity index (χ3v) is 2.00. The SMILES string of the molecule is C=C(C)CNC(=O)NC(CCCOC)C(=O)O. The molecule has 98 valence electrons. The van der Waals surface area contributed by atoms with Crippen LogP contribution in [0.25, 0.3) is 0 Å². The number of methoxy groups -OCH3 is 1. The van der Waals surface area contributed by atoms with Crippen LogP contribution in [0.3, 0.4) is 0 Å². The van der Waals surface area contributed by atoms with E-state index in [2.05, 4.69) is 17.2 Å². The molecule has 3 N–H and O–H groups in total. The summed E-state index contributed by atoms with van der Waals surface area (Å²) < 4.78 is 4.82. The van der Waals surface area contributed by atoms with Gasteiger partial charge in [-0.2, -0.15) is 0 Å². The molecule has 0 aliphatic heterocycles. The van der Waals surface area contributed by atoms with Crippen molar-refractivity contribution in [2.24, 2.45) is 0 Å². The van der Waals surface area contributed by atoms with Crippen LogP contribution in [0.4, 0.5) is 4.79 Å². The number of nitrogens with one attached hydrogen (secondary N) is 2. The van der Waals surface area contributed by atoms with Gasteiger partial charge in [0.2, 0.25) is 0 Å². The summed E-state index contributed by atoms with van der Waals surface area (Å²) in [6, 6.07) is -1.40. The molecule has 6 heteroatoms. The molecule has 0 aliphatic carbocycles. The van der Waals surface area contributed by atoms with Gasteiger partial charge in [-0.05, 0) is 19.8 Å². The molecule has 0 spiro atoms. The Balaban J connectivity index is 4.02. The largest absolute Gasteiger partial charge is 0.480 e. The summed E-state index contributed by atoms with van der Waals surface area (Å²) in [5.74, 6) is -1.05. The molecule has 17 heavy (non-hydrogen) atoms. The van der Waals surface area contributed by atoms with Gasteiger partial charge < -0.3 is 20.5 Å². The van der Waals surface area contributed by atoms with Crippen LogP contribution in [-0.4, -0.2) is 43.4 Å². The zero-order valence-electron chi connectivity index (χ0n) is 10.3. The molecule has 6 nitrogen and oxygen atoms in total. The maximum absolute atomic E-state index is 11.3. The summed E-state index contributed by atoms with van der Waals surface area (Å²) >= 11 is 0. The van der Waals surface area contributed by atoms with Crippen LogP contribution < -0.4 is 10.6 Å². The van der Waals surface area contributed by atoms with Crippen molar-refractivity contribution in [3.8, 4) is 0 Å². The lowest BCUT2D eigenvalue weighted by molar-refractivity contribution is -0.139. The number of ether oxygens (including phenoxy) is 1. The molecule has 0 heterocycles. The number of amides is 2. The van der Waals surface area contributed by atoms with Gasteiger partial charge in [0.25, 0.3) is 0 Å². The van der Waals surface area contributed by atoms with E-state index in [-0.39, 0.29) is 0 Å². The van der Waals surface area contributed by atoms with Crippen LogP contribution >= 0.6 is 0 Å². The Kier molecular flexibility index (Phi) is 7.79. The Hall–Kier alpha value is -1.56. The van der Waals surface area contributed by atoms with Crippen LogP contribution in [0.15, 0.2) is 12.2 Å². The first-order chi connectivity index (χ1) is 7.97. The fourth-order valence-corrected chi connectivity index (χ4v) is 1.13. The van der Waals surface area contributed by atoms with E-state index in [0.717, 1.165) is 5.57 Å². The zero-order chi connectivity index (χ0) is 13.3. The maximum atomic E-state index is 11.3. The lowest BCUT2D eigenvalue weighted by atomic mass is 10.1. The smallest absolute Gasteiger partial charge is 0.326 e. The van der Waals surface area contributed by atoms with Crippen molar-refractivity contribution in [1.29, 1.82) is 0 Å². The van der Waals surface area contributed by atoms with Gasteiger partial charge in [0, 0.05) is 20.3 Å². The van der Waals surface area contributed by atoms with Crippen LogP contribution in [0.5, 0.6) is 0 Å². The fourth-order valence-electron chi connectivity index (χ4n) is 1.13. The van der Waals surface area contributed by atoms with Gasteiger partial charge in [-0.25, -0.2) is 9.59 Å². The summed E-state index contributed by atoms with van der Waals surface area (Å²) in [7, 11) is 1.54. The van der Waals surface area contributed by atoms with Gasteiger partial charge in [-0.1, -0.05) is 12.2 Å². The minimum atomic E-state index is -1.05. The van der Waals surface area contributed by atoms with E-state index in [1.165, 1.54) is 0 Å². The molecular formula is C11H20N2O4. The highest BCUT2D eigenvalue weighted by Crippen LogP contribution is 1.98. The van der Waals surface area contributed by atoms with E-state index >= 15 is 0 Å². The molecule has 1 unspecified atom stereocenters. The number of urea groups is 1. The molecule has 1 atom stereocenters. The standard InChI is InChI=1S/C11H20N2O4/c1-8(2)7-12-11(16)13-9(10(14)15)5-4-6-17-3/h9H,1,4-7H2,2-3H3,(H,14,15)(H2,12,13,16). The Labute approximate surface area is 101 Å². The van der Waals surface area contributed by atoms with E-state index < -0.39 is 18.0 Å². The molecule has 0 aromatic carbocycles. The zero-order valence-corrected chi connectivity index (χ0v) is 10.3. The highest BCUT2D eigenvalue weighted by Gasteiger charge is 2.18. The summed E-state index contributed by atoms with van der Waals surface area (Å²) in [5, 5.41) is 13.8. The Morgan fingerprint density at radius 1 is 1.47 bits per heavy atom. The second-order valence-corrected chi connectivity index (χ2v) is 3.81. The monoisotopic (exact) mass is 244 g/mol. The molecule has 0 aromatic rings. The minimum absolute atomic E-state index is 0.330. The normalized spacial score (nSPS) is 11.6. The van der Waals surface area contributed by atoms with Crippen molar-refractivity contribution in [2.75, 3.05) is 20.3 Å². The van der Waals surface area contributed by atoms with Gasteiger partial charge >= 0.3 is 12.0 Å². The van der Waals surface area contributed by atoms with Crippen molar-refractivity contribution in [2.45, 2.75) is 25.8 Å². The third kappa shape index (κ3) is 8.27. The molecule has 0 radical (unpaired) electrons. The molecule has 0 saturated carbocycles.